The van der Waals surface area contributed by atoms with E-state index in [2.05, 4.69) is 5.32 Å². The Kier molecular flexibility index (Phi) is 4.69. The topological polar surface area (TPSA) is 66.4 Å². The van der Waals surface area contributed by atoms with Crippen LogP contribution in [0.25, 0.3) is 0 Å². The highest BCUT2D eigenvalue weighted by Gasteiger charge is 2.33. The van der Waals surface area contributed by atoms with Gasteiger partial charge in [-0.1, -0.05) is 30.3 Å². The van der Waals surface area contributed by atoms with Gasteiger partial charge in [0.15, 0.2) is 11.6 Å². The van der Waals surface area contributed by atoms with Gasteiger partial charge in [0.1, 0.15) is 0 Å². The fraction of sp³-hybridized carbons (Fsp3) is 0.375. The smallest absolute Gasteiger partial charge is 0.168 e. The molecule has 2 N–H and O–H groups in total. The SMILES string of the molecule is CCNC(CO)=C1C(=O)CC(c2ccccc2)CC1=O. The zero-order valence-electron chi connectivity index (χ0n) is 11.6. The van der Waals surface area contributed by atoms with Crippen LogP contribution in [0.5, 0.6) is 0 Å². The molecule has 0 saturated heterocycles. The van der Waals surface area contributed by atoms with Crippen LogP contribution >= 0.6 is 0 Å². The summed E-state index contributed by atoms with van der Waals surface area (Å²) in [6, 6.07) is 9.62. The van der Waals surface area contributed by atoms with Crippen LogP contribution in [0.3, 0.4) is 0 Å². The molecule has 0 bridgehead atoms. The van der Waals surface area contributed by atoms with Crippen molar-refractivity contribution in [1.29, 1.82) is 0 Å². The van der Waals surface area contributed by atoms with E-state index in [0.717, 1.165) is 5.56 Å². The maximum absolute atomic E-state index is 12.2. The van der Waals surface area contributed by atoms with E-state index in [1.165, 1.54) is 0 Å². The van der Waals surface area contributed by atoms with Gasteiger partial charge in [0.25, 0.3) is 0 Å². The number of carbonyl (C=O) groups excluding carboxylic acids is 2. The molecule has 0 radical (unpaired) electrons. The van der Waals surface area contributed by atoms with Crippen LogP contribution in [0.15, 0.2) is 41.6 Å². The predicted octanol–water partition coefficient (Wildman–Crippen LogP) is 1.56. The van der Waals surface area contributed by atoms with Crippen LogP contribution in [0, 0.1) is 0 Å². The van der Waals surface area contributed by atoms with Gasteiger partial charge in [-0.25, -0.2) is 0 Å². The Balaban J connectivity index is 2.25. The summed E-state index contributed by atoms with van der Waals surface area (Å²) in [6.45, 7) is 2.12. The van der Waals surface area contributed by atoms with Crippen LogP contribution in [-0.4, -0.2) is 29.8 Å². The van der Waals surface area contributed by atoms with Crippen molar-refractivity contribution in [3.8, 4) is 0 Å². The van der Waals surface area contributed by atoms with E-state index in [1.54, 1.807) is 0 Å². The molecule has 1 aromatic carbocycles. The van der Waals surface area contributed by atoms with Gasteiger partial charge >= 0.3 is 0 Å². The molecular formula is C16H19NO3. The van der Waals surface area contributed by atoms with Crippen molar-refractivity contribution in [2.24, 2.45) is 0 Å². The fourth-order valence-corrected chi connectivity index (χ4v) is 2.61. The predicted molar refractivity (Wildman–Crippen MR) is 76.2 cm³/mol. The number of benzene rings is 1. The van der Waals surface area contributed by atoms with Crippen molar-refractivity contribution in [1.82, 2.24) is 5.32 Å². The first-order chi connectivity index (χ1) is 9.67. The number of nitrogens with one attached hydrogen (secondary N) is 1. The molecule has 0 amide bonds. The summed E-state index contributed by atoms with van der Waals surface area (Å²) >= 11 is 0. The normalized spacial score (nSPS) is 19.1. The van der Waals surface area contributed by atoms with E-state index >= 15 is 0 Å². The number of hydrogen-bond donors (Lipinski definition) is 2. The van der Waals surface area contributed by atoms with Crippen molar-refractivity contribution in [3.63, 3.8) is 0 Å². The third-order valence-electron chi connectivity index (χ3n) is 3.54. The molecular weight excluding hydrogens is 254 g/mol. The number of likely N-dealkylation sites (N-methyl/N-ethyl adjacent to an activating group) is 1. The Hall–Kier alpha value is -1.94. The average molecular weight is 273 g/mol. The summed E-state index contributed by atoms with van der Waals surface area (Å²) in [6.07, 6.45) is 0.639. The molecule has 0 atom stereocenters. The minimum absolute atomic E-state index is 0.0541. The summed E-state index contributed by atoms with van der Waals surface area (Å²) < 4.78 is 0. The van der Waals surface area contributed by atoms with E-state index < -0.39 is 0 Å². The van der Waals surface area contributed by atoms with Crippen molar-refractivity contribution in [2.75, 3.05) is 13.2 Å². The molecule has 0 aliphatic heterocycles. The quantitative estimate of drug-likeness (QED) is 0.645. The number of aliphatic hydroxyl groups is 1. The molecule has 0 unspecified atom stereocenters. The molecule has 4 heteroatoms. The second kappa shape index (κ2) is 6.48. The maximum Gasteiger partial charge on any atom is 0.168 e. The zero-order chi connectivity index (χ0) is 14.5. The van der Waals surface area contributed by atoms with Gasteiger partial charge in [-0.05, 0) is 18.4 Å². The number of carbonyl (C=O) groups is 2. The second-order valence-electron chi connectivity index (χ2n) is 4.90. The second-order valence-corrected chi connectivity index (χ2v) is 4.90. The fourth-order valence-electron chi connectivity index (χ4n) is 2.61. The Labute approximate surface area is 118 Å². The lowest BCUT2D eigenvalue weighted by molar-refractivity contribution is -0.124. The lowest BCUT2D eigenvalue weighted by Crippen LogP contribution is -2.30. The minimum Gasteiger partial charge on any atom is -0.390 e. The number of allylic oxidation sites excluding steroid dienone is 1. The van der Waals surface area contributed by atoms with Crippen LogP contribution in [-0.2, 0) is 9.59 Å². The molecule has 0 heterocycles. The Bertz CT molecular complexity index is 514. The van der Waals surface area contributed by atoms with Gasteiger partial charge in [-0.2, -0.15) is 0 Å². The van der Waals surface area contributed by atoms with Gasteiger partial charge in [0.05, 0.1) is 17.9 Å². The average Bonchev–Trinajstić information content (AvgIpc) is 2.46. The van der Waals surface area contributed by atoms with Crippen LogP contribution < -0.4 is 5.32 Å². The zero-order valence-corrected chi connectivity index (χ0v) is 11.6. The van der Waals surface area contributed by atoms with Crippen molar-refractivity contribution in [2.45, 2.75) is 25.7 Å². The number of hydrogen-bond acceptors (Lipinski definition) is 4. The van der Waals surface area contributed by atoms with E-state index in [4.69, 9.17) is 0 Å². The molecule has 20 heavy (non-hydrogen) atoms. The third-order valence-corrected chi connectivity index (χ3v) is 3.54. The van der Waals surface area contributed by atoms with Crippen molar-refractivity contribution < 1.29 is 14.7 Å². The minimum atomic E-state index is -0.309. The molecule has 0 aromatic heterocycles. The highest BCUT2D eigenvalue weighted by molar-refractivity contribution is 6.22. The number of rotatable bonds is 4. The lowest BCUT2D eigenvalue weighted by atomic mass is 9.79. The van der Waals surface area contributed by atoms with Gasteiger partial charge in [-0.15, -0.1) is 0 Å². The molecule has 4 nitrogen and oxygen atoms in total. The lowest BCUT2D eigenvalue weighted by Gasteiger charge is -2.24. The maximum atomic E-state index is 12.2. The number of ketones is 2. The molecule has 0 spiro atoms. The monoisotopic (exact) mass is 273 g/mol. The van der Waals surface area contributed by atoms with Crippen molar-refractivity contribution >= 4 is 11.6 Å². The van der Waals surface area contributed by atoms with E-state index in [0.29, 0.717) is 25.1 Å². The molecule has 1 fully saturated rings. The van der Waals surface area contributed by atoms with Crippen LogP contribution in [0.1, 0.15) is 31.2 Å². The first kappa shape index (κ1) is 14.5. The molecule has 106 valence electrons. The van der Waals surface area contributed by atoms with E-state index in [1.807, 2.05) is 37.3 Å². The first-order valence-corrected chi connectivity index (χ1v) is 6.86. The molecule has 1 aliphatic rings. The van der Waals surface area contributed by atoms with Gasteiger partial charge < -0.3 is 10.4 Å². The summed E-state index contributed by atoms with van der Waals surface area (Å²) in [5, 5.41) is 12.2. The van der Waals surface area contributed by atoms with Crippen LogP contribution in [0.4, 0.5) is 0 Å². The van der Waals surface area contributed by atoms with Crippen molar-refractivity contribution in [3.05, 3.63) is 47.2 Å². The summed E-state index contributed by atoms with van der Waals surface area (Å²) in [5.74, 6) is -0.415. The van der Waals surface area contributed by atoms with Crippen LogP contribution in [0.2, 0.25) is 0 Å². The Morgan fingerprint density at radius 3 is 2.30 bits per heavy atom. The van der Waals surface area contributed by atoms with Gasteiger partial charge in [0.2, 0.25) is 0 Å². The summed E-state index contributed by atoms with van der Waals surface area (Å²) in [5.41, 5.74) is 1.53. The Morgan fingerprint density at radius 2 is 1.80 bits per heavy atom. The molecule has 2 rings (SSSR count). The molecule has 1 saturated carbocycles. The van der Waals surface area contributed by atoms with Gasteiger partial charge in [-0.3, -0.25) is 9.59 Å². The Morgan fingerprint density at radius 1 is 1.20 bits per heavy atom. The number of aliphatic hydroxyl groups excluding tert-OH is 1. The summed E-state index contributed by atoms with van der Waals surface area (Å²) in [7, 11) is 0. The van der Waals surface area contributed by atoms with E-state index in [-0.39, 0.29) is 29.7 Å². The first-order valence-electron chi connectivity index (χ1n) is 6.86. The van der Waals surface area contributed by atoms with E-state index in [9.17, 15) is 14.7 Å². The third kappa shape index (κ3) is 2.96. The largest absolute Gasteiger partial charge is 0.390 e. The standard InChI is InChI=1S/C16H19NO3/c1-2-17-13(10-18)16-14(19)8-12(9-15(16)20)11-6-4-3-5-7-11/h3-7,12,17-18H,2,8-10H2,1H3. The number of Topliss-reactive ketones (excluding diaryl/α,β-unsaturated/α-hetero) is 2. The summed E-state index contributed by atoms with van der Waals surface area (Å²) in [4.78, 5) is 24.5. The highest BCUT2D eigenvalue weighted by Crippen LogP contribution is 2.32. The molecule has 1 aliphatic carbocycles. The highest BCUT2D eigenvalue weighted by atomic mass is 16.3. The molecule has 1 aromatic rings. The van der Waals surface area contributed by atoms with Gasteiger partial charge in [0, 0.05) is 19.4 Å².